The molecule has 0 amide bonds. The first-order valence-electron chi connectivity index (χ1n) is 7.13. The summed E-state index contributed by atoms with van der Waals surface area (Å²) in [6.07, 6.45) is 1.78. The molecule has 0 N–H and O–H groups in total. The Morgan fingerprint density at radius 1 is 1.05 bits per heavy atom. The van der Waals surface area contributed by atoms with Crippen LogP contribution >= 0.6 is 35.6 Å². The summed E-state index contributed by atoms with van der Waals surface area (Å²) >= 11 is 12.4. The van der Waals surface area contributed by atoms with Gasteiger partial charge in [-0.3, -0.25) is 0 Å². The Hall–Kier alpha value is -1.29. The van der Waals surface area contributed by atoms with Gasteiger partial charge in [-0.05, 0) is 31.4 Å². The molecule has 0 saturated heterocycles. The average Bonchev–Trinajstić information content (AvgIpc) is 2.91. The minimum absolute atomic E-state index is 0.752. The predicted molar refractivity (Wildman–Crippen MR) is 98.4 cm³/mol. The number of thiol groups is 1. The van der Waals surface area contributed by atoms with Gasteiger partial charge in [0.25, 0.3) is 0 Å². The summed E-state index contributed by atoms with van der Waals surface area (Å²) in [7, 11) is 0. The van der Waals surface area contributed by atoms with Crippen molar-refractivity contribution in [1.29, 1.82) is 0 Å². The number of benzene rings is 2. The average molecular weight is 346 g/mol. The van der Waals surface area contributed by atoms with Gasteiger partial charge in [0.1, 0.15) is 5.01 Å². The van der Waals surface area contributed by atoms with E-state index in [0.29, 0.717) is 0 Å². The fourth-order valence-electron chi connectivity index (χ4n) is 2.38. The van der Waals surface area contributed by atoms with Gasteiger partial charge in [0.2, 0.25) is 0 Å². The lowest BCUT2D eigenvalue weighted by Gasteiger charge is -2.05. The molecule has 0 radical (unpaired) electrons. The van der Waals surface area contributed by atoms with E-state index in [1.165, 1.54) is 10.4 Å². The zero-order valence-corrected chi connectivity index (χ0v) is 14.7. The Bertz CT molecular complexity index is 781. The van der Waals surface area contributed by atoms with Gasteiger partial charge in [-0.15, -0.1) is 24.0 Å². The van der Waals surface area contributed by atoms with Gasteiger partial charge < -0.3 is 0 Å². The minimum Gasteiger partial charge on any atom is -0.241 e. The molecule has 22 heavy (non-hydrogen) atoms. The van der Waals surface area contributed by atoms with Gasteiger partial charge in [0.05, 0.1) is 10.7 Å². The molecule has 0 unspecified atom stereocenters. The third kappa shape index (κ3) is 3.37. The summed E-state index contributed by atoms with van der Waals surface area (Å²) in [5, 5.41) is 1.84. The van der Waals surface area contributed by atoms with E-state index in [1.54, 1.807) is 11.3 Å². The van der Waals surface area contributed by atoms with E-state index in [2.05, 4.69) is 37.8 Å². The molecular weight excluding hydrogens is 330 g/mol. The molecule has 1 heterocycles. The largest absolute Gasteiger partial charge is 0.241 e. The minimum atomic E-state index is 0.752. The maximum atomic E-state index is 6.31. The monoisotopic (exact) mass is 345 g/mol. The smallest absolute Gasteiger partial charge is 0.123 e. The first-order chi connectivity index (χ1) is 10.6. The van der Waals surface area contributed by atoms with Crippen LogP contribution in [0.25, 0.3) is 10.6 Å². The molecule has 0 spiro atoms. The Morgan fingerprint density at radius 2 is 1.82 bits per heavy atom. The Labute approximate surface area is 145 Å². The quantitative estimate of drug-likeness (QED) is 0.585. The molecule has 3 rings (SSSR count). The highest BCUT2D eigenvalue weighted by molar-refractivity contribution is 7.80. The molecule has 1 aromatic heterocycles. The van der Waals surface area contributed by atoms with Gasteiger partial charge in [-0.25, -0.2) is 4.98 Å². The fourth-order valence-corrected chi connectivity index (χ4v) is 3.79. The number of aromatic nitrogens is 1. The van der Waals surface area contributed by atoms with Crippen molar-refractivity contribution in [2.75, 3.05) is 0 Å². The molecule has 0 aliphatic carbocycles. The summed E-state index contributed by atoms with van der Waals surface area (Å²) < 4.78 is 0. The first kappa shape index (κ1) is 15.6. The summed E-state index contributed by atoms with van der Waals surface area (Å²) in [6.45, 7) is 2.14. The maximum absolute atomic E-state index is 6.31. The van der Waals surface area contributed by atoms with Crippen LogP contribution in [0.3, 0.4) is 0 Å². The van der Waals surface area contributed by atoms with Crippen LogP contribution in [0.15, 0.2) is 53.4 Å². The van der Waals surface area contributed by atoms with Crippen LogP contribution in [-0.2, 0) is 12.8 Å². The van der Waals surface area contributed by atoms with Crippen molar-refractivity contribution in [2.45, 2.75) is 24.7 Å². The van der Waals surface area contributed by atoms with Crippen LogP contribution in [0.5, 0.6) is 0 Å². The number of hydrogen-bond donors (Lipinski definition) is 1. The van der Waals surface area contributed by atoms with Gasteiger partial charge in [0, 0.05) is 15.3 Å². The fraction of sp³-hybridized carbons (Fsp3) is 0.167. The van der Waals surface area contributed by atoms with Crippen molar-refractivity contribution in [3.63, 3.8) is 0 Å². The molecular formula is C18H16ClNS2. The lowest BCUT2D eigenvalue weighted by Crippen LogP contribution is -1.95. The number of rotatable bonds is 4. The number of thiazole rings is 1. The second-order valence-electron chi connectivity index (χ2n) is 5.14. The normalized spacial score (nSPS) is 10.9. The van der Waals surface area contributed by atoms with E-state index in [-0.39, 0.29) is 0 Å². The molecule has 1 nitrogen and oxygen atoms in total. The summed E-state index contributed by atoms with van der Waals surface area (Å²) in [5.41, 5.74) is 3.46. The van der Waals surface area contributed by atoms with E-state index in [1.807, 2.05) is 30.3 Å². The van der Waals surface area contributed by atoms with E-state index in [0.717, 1.165) is 39.0 Å². The lowest BCUT2D eigenvalue weighted by molar-refractivity contribution is 0.914. The highest BCUT2D eigenvalue weighted by Gasteiger charge is 2.11. The van der Waals surface area contributed by atoms with Gasteiger partial charge in [-0.2, -0.15) is 0 Å². The number of hydrogen-bond acceptors (Lipinski definition) is 3. The zero-order chi connectivity index (χ0) is 15.5. The van der Waals surface area contributed by atoms with E-state index in [4.69, 9.17) is 16.6 Å². The highest BCUT2D eigenvalue weighted by atomic mass is 35.5. The first-order valence-corrected chi connectivity index (χ1v) is 8.77. The molecule has 0 bridgehead atoms. The molecule has 112 valence electrons. The standard InChI is InChI=1S/C18H16ClNS2/c1-12-15(11-10-13-8-5-9-16(21)17(13)19)20-18(22-12)14-6-3-2-4-7-14/h2-9,21H,10-11H2,1H3. The molecule has 0 aliphatic rings. The van der Waals surface area contributed by atoms with Crippen molar-refractivity contribution < 1.29 is 0 Å². The molecule has 0 fully saturated rings. The van der Waals surface area contributed by atoms with Gasteiger partial charge >= 0.3 is 0 Å². The van der Waals surface area contributed by atoms with E-state index in [9.17, 15) is 0 Å². The van der Waals surface area contributed by atoms with Gasteiger partial charge in [-0.1, -0.05) is 54.1 Å². The van der Waals surface area contributed by atoms with Gasteiger partial charge in [0.15, 0.2) is 0 Å². The second kappa shape index (κ2) is 6.86. The molecule has 3 aromatic rings. The van der Waals surface area contributed by atoms with Crippen molar-refractivity contribution in [2.24, 2.45) is 0 Å². The Balaban J connectivity index is 1.79. The molecule has 2 aromatic carbocycles. The van der Waals surface area contributed by atoms with Crippen LogP contribution in [-0.4, -0.2) is 4.98 Å². The zero-order valence-electron chi connectivity index (χ0n) is 12.2. The number of halogens is 1. The Kier molecular flexibility index (Phi) is 4.87. The lowest BCUT2D eigenvalue weighted by atomic mass is 10.1. The highest BCUT2D eigenvalue weighted by Crippen LogP contribution is 2.29. The summed E-state index contributed by atoms with van der Waals surface area (Å²) in [6, 6.07) is 16.3. The summed E-state index contributed by atoms with van der Waals surface area (Å²) in [4.78, 5) is 6.91. The van der Waals surface area contributed by atoms with Crippen LogP contribution in [0.4, 0.5) is 0 Å². The third-order valence-electron chi connectivity index (χ3n) is 3.60. The van der Waals surface area contributed by atoms with E-state index >= 15 is 0 Å². The number of aryl methyl sites for hydroxylation is 3. The molecule has 4 heteroatoms. The SMILES string of the molecule is Cc1sc(-c2ccccc2)nc1CCc1cccc(S)c1Cl. The number of nitrogens with zero attached hydrogens (tertiary/aromatic N) is 1. The Morgan fingerprint density at radius 3 is 2.59 bits per heavy atom. The second-order valence-corrected chi connectivity index (χ2v) is 7.20. The van der Waals surface area contributed by atoms with Crippen LogP contribution in [0.1, 0.15) is 16.1 Å². The van der Waals surface area contributed by atoms with Crippen molar-refractivity contribution in [3.8, 4) is 10.6 Å². The van der Waals surface area contributed by atoms with Crippen LogP contribution in [0.2, 0.25) is 5.02 Å². The third-order valence-corrected chi connectivity index (χ3v) is 5.62. The van der Waals surface area contributed by atoms with Crippen LogP contribution < -0.4 is 0 Å². The maximum Gasteiger partial charge on any atom is 0.123 e. The van der Waals surface area contributed by atoms with Crippen LogP contribution in [0, 0.1) is 6.92 Å². The summed E-state index contributed by atoms with van der Waals surface area (Å²) in [5.74, 6) is 0. The van der Waals surface area contributed by atoms with Crippen molar-refractivity contribution in [3.05, 3.63) is 69.7 Å². The van der Waals surface area contributed by atoms with E-state index < -0.39 is 0 Å². The topological polar surface area (TPSA) is 12.9 Å². The molecule has 0 atom stereocenters. The predicted octanol–water partition coefficient (Wildman–Crippen LogP) is 5.85. The molecule has 0 saturated carbocycles. The van der Waals surface area contributed by atoms with Crippen molar-refractivity contribution in [1.82, 2.24) is 4.98 Å². The van der Waals surface area contributed by atoms with Crippen molar-refractivity contribution >= 4 is 35.6 Å². The molecule has 0 aliphatic heterocycles.